The first-order valence-electron chi connectivity index (χ1n) is 6.69. The molecule has 0 saturated heterocycles. The van der Waals surface area contributed by atoms with Crippen LogP contribution in [-0.4, -0.2) is 17.4 Å². The average Bonchev–Trinajstić information content (AvgIpc) is 2.90. The predicted octanol–water partition coefficient (Wildman–Crippen LogP) is 3.19. The molecule has 0 radical (unpaired) electrons. The number of nitrogens with one attached hydrogen (secondary N) is 1. The lowest BCUT2D eigenvalue weighted by Crippen LogP contribution is -2.13. The molecule has 6 heteroatoms. The third kappa shape index (κ3) is 4.52. The zero-order chi connectivity index (χ0) is 14.5. The molecule has 0 unspecified atom stereocenters. The smallest absolute Gasteiger partial charge is 0.275 e. The number of rotatable bonds is 5. The zero-order valence-electron chi connectivity index (χ0n) is 12.2. The Hall–Kier alpha value is -1.43. The van der Waals surface area contributed by atoms with Crippen LogP contribution in [0.25, 0.3) is 0 Å². The Morgan fingerprint density at radius 1 is 1.43 bits per heavy atom. The van der Waals surface area contributed by atoms with E-state index < -0.39 is 0 Å². The summed E-state index contributed by atoms with van der Waals surface area (Å²) in [6.45, 7) is 4.73. The van der Waals surface area contributed by atoms with Gasteiger partial charge in [0.2, 0.25) is 0 Å². The second kappa shape index (κ2) is 8.12. The Labute approximate surface area is 135 Å². The molecule has 1 heterocycles. The summed E-state index contributed by atoms with van der Waals surface area (Å²) >= 11 is 1.47. The highest BCUT2D eigenvalue weighted by Gasteiger charge is 2.11. The van der Waals surface area contributed by atoms with E-state index in [0.29, 0.717) is 18.7 Å². The van der Waals surface area contributed by atoms with E-state index in [1.54, 1.807) is 5.38 Å². The van der Waals surface area contributed by atoms with E-state index in [1.807, 2.05) is 18.2 Å². The molecule has 0 aliphatic rings. The number of anilines is 1. The molecule has 0 atom stereocenters. The van der Waals surface area contributed by atoms with Crippen molar-refractivity contribution < 1.29 is 4.79 Å². The summed E-state index contributed by atoms with van der Waals surface area (Å²) in [6, 6.07) is 5.95. The van der Waals surface area contributed by atoms with E-state index in [4.69, 9.17) is 5.73 Å². The van der Waals surface area contributed by atoms with Gasteiger partial charge in [0.25, 0.3) is 5.91 Å². The molecule has 0 aliphatic carbocycles. The Balaban J connectivity index is 0.00000220. The van der Waals surface area contributed by atoms with E-state index in [-0.39, 0.29) is 18.3 Å². The summed E-state index contributed by atoms with van der Waals surface area (Å²) in [7, 11) is 0. The molecule has 1 aromatic carbocycles. The first-order chi connectivity index (χ1) is 9.63. The summed E-state index contributed by atoms with van der Waals surface area (Å²) in [5.41, 5.74) is 9.23. The molecule has 3 N–H and O–H groups in total. The maximum absolute atomic E-state index is 12.1. The molecule has 114 valence electrons. The van der Waals surface area contributed by atoms with Gasteiger partial charge in [0, 0.05) is 17.5 Å². The number of nitrogens with two attached hydrogens (primary N) is 1. The summed E-state index contributed by atoms with van der Waals surface area (Å²) in [4.78, 5) is 16.4. The van der Waals surface area contributed by atoms with Crippen LogP contribution in [0.2, 0.25) is 0 Å². The van der Waals surface area contributed by atoms with Gasteiger partial charge in [-0.25, -0.2) is 4.98 Å². The van der Waals surface area contributed by atoms with E-state index in [1.165, 1.54) is 22.5 Å². The number of halogens is 1. The van der Waals surface area contributed by atoms with Gasteiger partial charge in [0.1, 0.15) is 5.69 Å². The van der Waals surface area contributed by atoms with Crippen molar-refractivity contribution in [3.05, 3.63) is 45.4 Å². The number of amides is 1. The number of aromatic nitrogens is 1. The minimum Gasteiger partial charge on any atom is -0.330 e. The number of nitrogens with zero attached hydrogens (tertiary/aromatic N) is 1. The van der Waals surface area contributed by atoms with Crippen molar-refractivity contribution in [2.24, 2.45) is 5.73 Å². The molecule has 21 heavy (non-hydrogen) atoms. The Bertz CT molecular complexity index is 613. The van der Waals surface area contributed by atoms with Crippen LogP contribution in [-0.2, 0) is 12.8 Å². The van der Waals surface area contributed by atoms with Gasteiger partial charge in [-0.1, -0.05) is 13.0 Å². The van der Waals surface area contributed by atoms with Crippen molar-refractivity contribution in [1.29, 1.82) is 0 Å². The van der Waals surface area contributed by atoms with Crippen LogP contribution in [0.1, 0.15) is 33.5 Å². The first-order valence-corrected chi connectivity index (χ1v) is 7.57. The number of hydrogen-bond acceptors (Lipinski definition) is 4. The third-order valence-electron chi connectivity index (χ3n) is 3.13. The molecule has 0 aliphatic heterocycles. The van der Waals surface area contributed by atoms with Crippen LogP contribution in [0.3, 0.4) is 0 Å². The van der Waals surface area contributed by atoms with Crippen LogP contribution in [0.4, 0.5) is 5.69 Å². The van der Waals surface area contributed by atoms with Crippen molar-refractivity contribution in [3.63, 3.8) is 0 Å². The van der Waals surface area contributed by atoms with Gasteiger partial charge in [-0.3, -0.25) is 4.79 Å². The normalized spacial score (nSPS) is 10.0. The van der Waals surface area contributed by atoms with Gasteiger partial charge < -0.3 is 11.1 Å². The highest BCUT2D eigenvalue weighted by molar-refractivity contribution is 7.09. The number of hydrogen-bond donors (Lipinski definition) is 2. The maximum atomic E-state index is 12.1. The van der Waals surface area contributed by atoms with Crippen molar-refractivity contribution in [3.8, 4) is 0 Å². The SMILES string of the molecule is CCc1cc(NC(=O)c2csc(CCN)n2)ccc1C.Cl. The molecule has 1 aromatic heterocycles. The lowest BCUT2D eigenvalue weighted by molar-refractivity contribution is 0.102. The van der Waals surface area contributed by atoms with Crippen LogP contribution in [0.15, 0.2) is 23.6 Å². The molecular weight excluding hydrogens is 306 g/mol. The Morgan fingerprint density at radius 3 is 2.86 bits per heavy atom. The zero-order valence-corrected chi connectivity index (χ0v) is 13.8. The minimum absolute atomic E-state index is 0. The van der Waals surface area contributed by atoms with Crippen LogP contribution in [0.5, 0.6) is 0 Å². The van der Waals surface area contributed by atoms with Crippen molar-refractivity contribution in [1.82, 2.24) is 4.98 Å². The fourth-order valence-corrected chi connectivity index (χ4v) is 2.77. The molecule has 4 nitrogen and oxygen atoms in total. The Morgan fingerprint density at radius 2 is 2.19 bits per heavy atom. The van der Waals surface area contributed by atoms with Crippen LogP contribution < -0.4 is 11.1 Å². The second-order valence-electron chi connectivity index (χ2n) is 4.61. The second-order valence-corrected chi connectivity index (χ2v) is 5.56. The predicted molar refractivity (Wildman–Crippen MR) is 90.6 cm³/mol. The molecule has 2 aromatic rings. The molecule has 0 fully saturated rings. The number of carbonyl (C=O) groups is 1. The van der Waals surface area contributed by atoms with Gasteiger partial charge in [-0.2, -0.15) is 0 Å². The van der Waals surface area contributed by atoms with E-state index in [9.17, 15) is 4.79 Å². The van der Waals surface area contributed by atoms with Gasteiger partial charge in [0.15, 0.2) is 0 Å². The average molecular weight is 326 g/mol. The fraction of sp³-hybridized carbons (Fsp3) is 0.333. The maximum Gasteiger partial charge on any atom is 0.275 e. The van der Waals surface area contributed by atoms with Crippen molar-refractivity contribution >= 4 is 35.3 Å². The molecule has 0 saturated carbocycles. The first kappa shape index (κ1) is 17.6. The van der Waals surface area contributed by atoms with Crippen LogP contribution in [0, 0.1) is 6.92 Å². The fourth-order valence-electron chi connectivity index (χ4n) is 1.98. The molecule has 0 spiro atoms. The van der Waals surface area contributed by atoms with Gasteiger partial charge >= 0.3 is 0 Å². The summed E-state index contributed by atoms with van der Waals surface area (Å²) in [5.74, 6) is -0.171. The summed E-state index contributed by atoms with van der Waals surface area (Å²) < 4.78 is 0. The summed E-state index contributed by atoms with van der Waals surface area (Å²) in [6.07, 6.45) is 1.66. The van der Waals surface area contributed by atoms with E-state index >= 15 is 0 Å². The number of thiazole rings is 1. The van der Waals surface area contributed by atoms with Gasteiger partial charge in [-0.15, -0.1) is 23.7 Å². The highest BCUT2D eigenvalue weighted by atomic mass is 35.5. The van der Waals surface area contributed by atoms with Gasteiger partial charge in [-0.05, 0) is 43.1 Å². The molecular formula is C15H20ClN3OS. The Kier molecular flexibility index (Phi) is 6.81. The number of aryl methyl sites for hydroxylation is 2. The molecule has 2 rings (SSSR count). The summed E-state index contributed by atoms with van der Waals surface area (Å²) in [5, 5.41) is 5.56. The number of benzene rings is 1. The molecule has 1 amide bonds. The minimum atomic E-state index is -0.171. The third-order valence-corrected chi connectivity index (χ3v) is 4.04. The number of carbonyl (C=O) groups excluding carboxylic acids is 1. The highest BCUT2D eigenvalue weighted by Crippen LogP contribution is 2.17. The molecule has 0 bridgehead atoms. The van der Waals surface area contributed by atoms with E-state index in [0.717, 1.165) is 17.1 Å². The van der Waals surface area contributed by atoms with Crippen molar-refractivity contribution in [2.45, 2.75) is 26.7 Å². The topological polar surface area (TPSA) is 68.0 Å². The van der Waals surface area contributed by atoms with Crippen molar-refractivity contribution in [2.75, 3.05) is 11.9 Å². The lowest BCUT2D eigenvalue weighted by atomic mass is 10.1. The van der Waals surface area contributed by atoms with E-state index in [2.05, 4.69) is 24.1 Å². The standard InChI is InChI=1S/C15H19N3OS.ClH/c1-3-11-8-12(5-4-10(11)2)17-15(19)13-9-20-14(18-13)6-7-16;/h4-5,8-9H,3,6-7,16H2,1-2H3,(H,17,19);1H. The lowest BCUT2D eigenvalue weighted by Gasteiger charge is -2.08. The monoisotopic (exact) mass is 325 g/mol. The van der Waals surface area contributed by atoms with Gasteiger partial charge in [0.05, 0.1) is 5.01 Å². The largest absolute Gasteiger partial charge is 0.330 e. The quantitative estimate of drug-likeness (QED) is 0.887. The van der Waals surface area contributed by atoms with Crippen LogP contribution >= 0.6 is 23.7 Å².